The fourth-order valence-electron chi connectivity index (χ4n) is 1.39. The van der Waals surface area contributed by atoms with Gasteiger partial charge >= 0.3 is 0 Å². The molecule has 0 unspecified atom stereocenters. The molecule has 0 amide bonds. The Morgan fingerprint density at radius 1 is 1.26 bits per heavy atom. The van der Waals surface area contributed by atoms with Gasteiger partial charge in [-0.2, -0.15) is 0 Å². The van der Waals surface area contributed by atoms with Gasteiger partial charge in [0.05, 0.1) is 17.6 Å². The number of pyridine rings is 1. The van der Waals surface area contributed by atoms with E-state index in [0.717, 1.165) is 0 Å². The van der Waals surface area contributed by atoms with Crippen molar-refractivity contribution >= 4 is 48.9 Å². The highest BCUT2D eigenvalue weighted by atomic mass is 79.9. The van der Waals surface area contributed by atoms with E-state index < -0.39 is 10.0 Å². The molecule has 0 aliphatic rings. The van der Waals surface area contributed by atoms with Gasteiger partial charge in [0.1, 0.15) is 9.50 Å². The van der Waals surface area contributed by atoms with Crippen LogP contribution in [-0.4, -0.2) is 13.4 Å². The first-order valence-corrected chi connectivity index (χ1v) is 7.73. The molecule has 3 N–H and O–H groups in total. The van der Waals surface area contributed by atoms with Crippen molar-refractivity contribution < 1.29 is 8.42 Å². The van der Waals surface area contributed by atoms with E-state index in [2.05, 4.69) is 25.6 Å². The van der Waals surface area contributed by atoms with Crippen molar-refractivity contribution in [3.63, 3.8) is 0 Å². The van der Waals surface area contributed by atoms with Crippen LogP contribution in [0.4, 0.5) is 11.4 Å². The van der Waals surface area contributed by atoms with Gasteiger partial charge in [0.2, 0.25) is 0 Å². The zero-order chi connectivity index (χ0) is 14.0. The first-order chi connectivity index (χ1) is 8.88. The largest absolute Gasteiger partial charge is 0.398 e. The maximum atomic E-state index is 12.2. The van der Waals surface area contributed by atoms with E-state index in [4.69, 9.17) is 17.3 Å². The number of nitrogens with zero attached hydrogens (tertiary/aromatic N) is 1. The Labute approximate surface area is 124 Å². The predicted molar refractivity (Wildman–Crippen MR) is 78.6 cm³/mol. The molecule has 1 aromatic heterocycles. The third-order valence-corrected chi connectivity index (χ3v) is 4.39. The standard InChI is InChI=1S/C11H9BrClN3O2S/c12-11-4-2-8(6-15-11)16-19(17,18)10-5-7(13)1-3-9(10)14/h1-6,16H,14H2. The van der Waals surface area contributed by atoms with Gasteiger partial charge < -0.3 is 5.73 Å². The normalized spacial score (nSPS) is 11.3. The predicted octanol–water partition coefficient (Wildman–Crippen LogP) is 2.88. The smallest absolute Gasteiger partial charge is 0.264 e. The molecule has 100 valence electrons. The fraction of sp³-hybridized carbons (Fsp3) is 0. The zero-order valence-corrected chi connectivity index (χ0v) is 12.6. The molecule has 8 heteroatoms. The van der Waals surface area contributed by atoms with Gasteiger partial charge in [-0.1, -0.05) is 11.6 Å². The Hall–Kier alpha value is -1.31. The van der Waals surface area contributed by atoms with Crippen LogP contribution in [0.2, 0.25) is 5.02 Å². The molecule has 0 fully saturated rings. The third kappa shape index (κ3) is 3.37. The first kappa shape index (κ1) is 14.1. The Balaban J connectivity index is 2.37. The molecule has 0 spiro atoms. The number of nitrogens with one attached hydrogen (secondary N) is 1. The summed E-state index contributed by atoms with van der Waals surface area (Å²) in [6.45, 7) is 0. The second-order valence-electron chi connectivity index (χ2n) is 3.66. The SMILES string of the molecule is Nc1ccc(Cl)cc1S(=O)(=O)Nc1ccc(Br)nc1. The van der Waals surface area contributed by atoms with Crippen LogP contribution in [0.25, 0.3) is 0 Å². The molecular formula is C11H9BrClN3O2S. The number of rotatable bonds is 3. The summed E-state index contributed by atoms with van der Waals surface area (Å²) in [4.78, 5) is 3.86. The van der Waals surface area contributed by atoms with Gasteiger partial charge in [-0.3, -0.25) is 4.72 Å². The molecule has 2 rings (SSSR count). The molecule has 5 nitrogen and oxygen atoms in total. The van der Waals surface area contributed by atoms with Gasteiger partial charge in [0.15, 0.2) is 0 Å². The topological polar surface area (TPSA) is 85.1 Å². The van der Waals surface area contributed by atoms with Gasteiger partial charge in [-0.25, -0.2) is 13.4 Å². The number of hydrogen-bond acceptors (Lipinski definition) is 4. The van der Waals surface area contributed by atoms with Crippen LogP contribution in [0.15, 0.2) is 46.0 Å². The second-order valence-corrected chi connectivity index (χ2v) is 6.56. The molecule has 0 saturated heterocycles. The molecule has 0 aliphatic carbocycles. The van der Waals surface area contributed by atoms with Crippen molar-refractivity contribution in [2.24, 2.45) is 0 Å². The Kier molecular flexibility index (Phi) is 3.98. The van der Waals surface area contributed by atoms with Crippen LogP contribution >= 0.6 is 27.5 Å². The first-order valence-electron chi connectivity index (χ1n) is 5.08. The second kappa shape index (κ2) is 5.36. The Bertz CT molecular complexity index is 704. The summed E-state index contributed by atoms with van der Waals surface area (Å²) in [7, 11) is -3.79. The van der Waals surface area contributed by atoms with Gasteiger partial charge in [-0.15, -0.1) is 0 Å². The average Bonchev–Trinajstić information content (AvgIpc) is 2.35. The van der Waals surface area contributed by atoms with Crippen LogP contribution in [0.5, 0.6) is 0 Å². The van der Waals surface area contributed by atoms with E-state index in [1.807, 2.05) is 0 Å². The summed E-state index contributed by atoms with van der Waals surface area (Å²) >= 11 is 8.95. The van der Waals surface area contributed by atoms with Crippen molar-refractivity contribution in [1.82, 2.24) is 4.98 Å². The number of nitrogens with two attached hydrogens (primary N) is 1. The summed E-state index contributed by atoms with van der Waals surface area (Å²) in [5.41, 5.74) is 6.11. The monoisotopic (exact) mass is 361 g/mol. The summed E-state index contributed by atoms with van der Waals surface area (Å²) in [6, 6.07) is 7.47. The molecule has 19 heavy (non-hydrogen) atoms. The molecular weight excluding hydrogens is 354 g/mol. The van der Waals surface area contributed by atoms with Crippen molar-refractivity contribution in [2.45, 2.75) is 4.90 Å². The van der Waals surface area contributed by atoms with Crippen molar-refractivity contribution in [3.05, 3.63) is 46.2 Å². The third-order valence-electron chi connectivity index (χ3n) is 2.24. The number of benzene rings is 1. The minimum atomic E-state index is -3.79. The van der Waals surface area contributed by atoms with Crippen LogP contribution in [-0.2, 0) is 10.0 Å². The molecule has 0 bridgehead atoms. The molecule has 0 aliphatic heterocycles. The highest BCUT2D eigenvalue weighted by Crippen LogP contribution is 2.24. The van der Waals surface area contributed by atoms with Gasteiger partial charge in [0, 0.05) is 5.02 Å². The molecule has 1 aromatic carbocycles. The number of anilines is 2. The summed E-state index contributed by atoms with van der Waals surface area (Å²) in [5.74, 6) is 0. The molecule has 1 heterocycles. The Morgan fingerprint density at radius 2 is 2.00 bits per heavy atom. The van der Waals surface area contributed by atoms with E-state index in [0.29, 0.717) is 15.3 Å². The van der Waals surface area contributed by atoms with Crippen LogP contribution in [0, 0.1) is 0 Å². The molecule has 0 atom stereocenters. The van der Waals surface area contributed by atoms with Crippen molar-refractivity contribution in [3.8, 4) is 0 Å². The van der Waals surface area contributed by atoms with Crippen LogP contribution in [0.1, 0.15) is 0 Å². The lowest BCUT2D eigenvalue weighted by Gasteiger charge is -2.10. The average molecular weight is 363 g/mol. The summed E-state index contributed by atoms with van der Waals surface area (Å²) in [5, 5.41) is 0.295. The minimum Gasteiger partial charge on any atom is -0.398 e. The van der Waals surface area contributed by atoms with Gasteiger partial charge in [-0.05, 0) is 46.3 Å². The van der Waals surface area contributed by atoms with Crippen molar-refractivity contribution in [1.29, 1.82) is 0 Å². The maximum Gasteiger partial charge on any atom is 0.264 e. The summed E-state index contributed by atoms with van der Waals surface area (Å²) < 4.78 is 27.3. The fourth-order valence-corrected chi connectivity index (χ4v) is 3.06. The summed E-state index contributed by atoms with van der Waals surface area (Å²) in [6.07, 6.45) is 1.39. The minimum absolute atomic E-state index is 0.0667. The van der Waals surface area contributed by atoms with E-state index in [9.17, 15) is 8.42 Å². The number of halogens is 2. The van der Waals surface area contributed by atoms with Crippen LogP contribution < -0.4 is 10.5 Å². The lowest BCUT2D eigenvalue weighted by atomic mass is 10.3. The molecule has 2 aromatic rings. The number of aromatic nitrogens is 1. The van der Waals surface area contributed by atoms with E-state index >= 15 is 0 Å². The number of sulfonamides is 1. The van der Waals surface area contributed by atoms with Crippen molar-refractivity contribution in [2.75, 3.05) is 10.5 Å². The van der Waals surface area contributed by atoms with E-state index in [1.165, 1.54) is 24.4 Å². The Morgan fingerprint density at radius 3 is 2.63 bits per heavy atom. The quantitative estimate of drug-likeness (QED) is 0.649. The number of nitrogen functional groups attached to an aromatic ring is 1. The van der Waals surface area contributed by atoms with Crippen LogP contribution in [0.3, 0.4) is 0 Å². The zero-order valence-electron chi connectivity index (χ0n) is 9.47. The van der Waals surface area contributed by atoms with E-state index in [-0.39, 0.29) is 10.6 Å². The highest BCUT2D eigenvalue weighted by molar-refractivity contribution is 9.10. The van der Waals surface area contributed by atoms with E-state index in [1.54, 1.807) is 12.1 Å². The lowest BCUT2D eigenvalue weighted by molar-refractivity contribution is 0.601. The lowest BCUT2D eigenvalue weighted by Crippen LogP contribution is -2.14. The van der Waals surface area contributed by atoms with Gasteiger partial charge in [0.25, 0.3) is 10.0 Å². The molecule has 0 saturated carbocycles. The molecule has 0 radical (unpaired) electrons. The number of hydrogen-bond donors (Lipinski definition) is 2. The highest BCUT2D eigenvalue weighted by Gasteiger charge is 2.18. The maximum absolute atomic E-state index is 12.2.